The summed E-state index contributed by atoms with van der Waals surface area (Å²) in [5.74, 6) is 0.995. The van der Waals surface area contributed by atoms with Gasteiger partial charge in [-0.25, -0.2) is 0 Å². The van der Waals surface area contributed by atoms with Crippen molar-refractivity contribution in [2.75, 3.05) is 13.1 Å². The molecule has 0 aromatic rings. The molecule has 1 heterocycles. The highest BCUT2D eigenvalue weighted by molar-refractivity contribution is 5.76. The van der Waals surface area contributed by atoms with E-state index in [2.05, 4.69) is 13.8 Å². The molecule has 16 heavy (non-hydrogen) atoms. The number of rotatable bonds is 2. The largest absolute Gasteiger partial charge is 0.341 e. The molecule has 2 aliphatic rings. The third-order valence-corrected chi connectivity index (χ3v) is 4.49. The van der Waals surface area contributed by atoms with E-state index < -0.39 is 0 Å². The predicted molar refractivity (Wildman–Crippen MR) is 64.9 cm³/mol. The maximum absolute atomic E-state index is 12.0. The lowest BCUT2D eigenvalue weighted by atomic mass is 9.78. The number of carbonyl (C=O) groups excluding carboxylic acids is 1. The SMILES string of the molecule is CC1(C)CCN(C(=O)CC2CCC2)CC1N. The van der Waals surface area contributed by atoms with Crippen LogP contribution in [0.4, 0.5) is 0 Å². The van der Waals surface area contributed by atoms with E-state index in [1.807, 2.05) is 4.90 Å². The van der Waals surface area contributed by atoms with Crippen LogP contribution >= 0.6 is 0 Å². The molecule has 1 saturated heterocycles. The van der Waals surface area contributed by atoms with Crippen molar-refractivity contribution in [3.8, 4) is 0 Å². The molecule has 1 aliphatic carbocycles. The third-order valence-electron chi connectivity index (χ3n) is 4.49. The van der Waals surface area contributed by atoms with Gasteiger partial charge in [0.1, 0.15) is 0 Å². The van der Waals surface area contributed by atoms with E-state index in [0.29, 0.717) is 11.8 Å². The van der Waals surface area contributed by atoms with Crippen molar-refractivity contribution >= 4 is 5.91 Å². The molecule has 3 nitrogen and oxygen atoms in total. The van der Waals surface area contributed by atoms with Crippen LogP contribution in [0.5, 0.6) is 0 Å². The summed E-state index contributed by atoms with van der Waals surface area (Å²) in [6, 6.07) is 0.131. The smallest absolute Gasteiger partial charge is 0.222 e. The highest BCUT2D eigenvalue weighted by Gasteiger charge is 2.35. The summed E-state index contributed by atoms with van der Waals surface area (Å²) in [4.78, 5) is 14.0. The first-order valence-corrected chi connectivity index (χ1v) is 6.52. The van der Waals surface area contributed by atoms with E-state index in [-0.39, 0.29) is 11.5 Å². The molecule has 0 radical (unpaired) electrons. The van der Waals surface area contributed by atoms with Crippen LogP contribution in [0.2, 0.25) is 0 Å². The molecule has 1 aliphatic heterocycles. The van der Waals surface area contributed by atoms with Gasteiger partial charge in [-0.15, -0.1) is 0 Å². The maximum Gasteiger partial charge on any atom is 0.222 e. The summed E-state index contributed by atoms with van der Waals surface area (Å²) in [5, 5.41) is 0. The number of hydrogen-bond acceptors (Lipinski definition) is 2. The van der Waals surface area contributed by atoms with Crippen LogP contribution in [0.25, 0.3) is 0 Å². The summed E-state index contributed by atoms with van der Waals surface area (Å²) in [6.07, 6.45) is 5.59. The Labute approximate surface area is 98.4 Å². The van der Waals surface area contributed by atoms with Crippen molar-refractivity contribution in [2.24, 2.45) is 17.1 Å². The van der Waals surface area contributed by atoms with Gasteiger partial charge in [0.25, 0.3) is 0 Å². The van der Waals surface area contributed by atoms with E-state index >= 15 is 0 Å². The number of nitrogens with zero attached hydrogens (tertiary/aromatic N) is 1. The predicted octanol–water partition coefficient (Wildman–Crippen LogP) is 1.76. The number of carbonyl (C=O) groups is 1. The Kier molecular flexibility index (Phi) is 3.24. The summed E-state index contributed by atoms with van der Waals surface area (Å²) in [5.41, 5.74) is 6.31. The van der Waals surface area contributed by atoms with Gasteiger partial charge in [0, 0.05) is 25.6 Å². The summed E-state index contributed by atoms with van der Waals surface area (Å²) in [6.45, 7) is 6.04. The molecular weight excluding hydrogens is 200 g/mol. The summed E-state index contributed by atoms with van der Waals surface area (Å²) >= 11 is 0. The molecule has 2 rings (SSSR count). The first kappa shape index (κ1) is 11.9. The zero-order valence-corrected chi connectivity index (χ0v) is 10.5. The zero-order valence-electron chi connectivity index (χ0n) is 10.5. The van der Waals surface area contributed by atoms with Gasteiger partial charge >= 0.3 is 0 Å². The number of likely N-dealkylation sites (tertiary alicyclic amines) is 1. The number of nitrogens with two attached hydrogens (primary N) is 1. The normalized spacial score (nSPS) is 29.9. The molecule has 2 fully saturated rings. The standard InChI is InChI=1S/C13H24N2O/c1-13(2)6-7-15(9-11(13)14)12(16)8-10-4-3-5-10/h10-11H,3-9,14H2,1-2H3. The van der Waals surface area contributed by atoms with Gasteiger partial charge in [0.05, 0.1) is 0 Å². The third kappa shape index (κ3) is 2.40. The number of amides is 1. The van der Waals surface area contributed by atoms with Gasteiger partial charge in [0.2, 0.25) is 5.91 Å². The van der Waals surface area contributed by atoms with Gasteiger partial charge in [-0.3, -0.25) is 4.79 Å². The Bertz CT molecular complexity index is 271. The zero-order chi connectivity index (χ0) is 11.8. The van der Waals surface area contributed by atoms with Gasteiger partial charge in [-0.1, -0.05) is 20.3 Å². The highest BCUT2D eigenvalue weighted by Crippen LogP contribution is 2.32. The Morgan fingerprint density at radius 1 is 1.44 bits per heavy atom. The second-order valence-corrected chi connectivity index (χ2v) is 6.19. The minimum Gasteiger partial charge on any atom is -0.341 e. The van der Waals surface area contributed by atoms with E-state index in [0.717, 1.165) is 25.9 Å². The lowest BCUT2D eigenvalue weighted by molar-refractivity contribution is -0.135. The molecule has 2 N–H and O–H groups in total. The van der Waals surface area contributed by atoms with Crippen molar-refractivity contribution < 1.29 is 4.79 Å². The minimum atomic E-state index is 0.131. The summed E-state index contributed by atoms with van der Waals surface area (Å²) in [7, 11) is 0. The van der Waals surface area contributed by atoms with Crippen LogP contribution in [0, 0.1) is 11.3 Å². The fourth-order valence-electron chi connectivity index (χ4n) is 2.48. The van der Waals surface area contributed by atoms with Crippen molar-refractivity contribution in [1.29, 1.82) is 0 Å². The number of hydrogen-bond donors (Lipinski definition) is 1. The molecule has 0 spiro atoms. The van der Waals surface area contributed by atoms with Crippen molar-refractivity contribution in [3.63, 3.8) is 0 Å². The molecule has 3 heteroatoms. The molecule has 1 atom stereocenters. The fourth-order valence-corrected chi connectivity index (χ4v) is 2.48. The monoisotopic (exact) mass is 224 g/mol. The van der Waals surface area contributed by atoms with Gasteiger partial charge in [-0.2, -0.15) is 0 Å². The van der Waals surface area contributed by atoms with Crippen LogP contribution in [0.15, 0.2) is 0 Å². The van der Waals surface area contributed by atoms with Crippen LogP contribution < -0.4 is 5.73 Å². The van der Waals surface area contributed by atoms with Crippen LogP contribution in [0.3, 0.4) is 0 Å². The van der Waals surface area contributed by atoms with Crippen molar-refractivity contribution in [1.82, 2.24) is 4.90 Å². The average Bonchev–Trinajstić information content (AvgIpc) is 2.15. The first-order chi connectivity index (χ1) is 7.49. The van der Waals surface area contributed by atoms with Crippen LogP contribution in [-0.2, 0) is 4.79 Å². The lowest BCUT2D eigenvalue weighted by Crippen LogP contribution is -2.54. The Balaban J connectivity index is 1.84. The molecule has 0 bridgehead atoms. The molecule has 1 unspecified atom stereocenters. The summed E-state index contributed by atoms with van der Waals surface area (Å²) < 4.78 is 0. The Morgan fingerprint density at radius 2 is 2.12 bits per heavy atom. The quantitative estimate of drug-likeness (QED) is 0.777. The Morgan fingerprint density at radius 3 is 2.62 bits per heavy atom. The topological polar surface area (TPSA) is 46.3 Å². The molecule has 1 saturated carbocycles. The average molecular weight is 224 g/mol. The molecule has 0 aromatic carbocycles. The van der Waals surface area contributed by atoms with E-state index in [1.165, 1.54) is 19.3 Å². The first-order valence-electron chi connectivity index (χ1n) is 6.52. The second-order valence-electron chi connectivity index (χ2n) is 6.19. The van der Waals surface area contributed by atoms with Gasteiger partial charge < -0.3 is 10.6 Å². The van der Waals surface area contributed by atoms with E-state index in [1.54, 1.807) is 0 Å². The van der Waals surface area contributed by atoms with Crippen molar-refractivity contribution in [2.45, 2.75) is 52.0 Å². The molecule has 1 amide bonds. The minimum absolute atomic E-state index is 0.131. The number of piperidine rings is 1. The van der Waals surface area contributed by atoms with Gasteiger partial charge in [0.15, 0.2) is 0 Å². The lowest BCUT2D eigenvalue weighted by Gasteiger charge is -2.42. The van der Waals surface area contributed by atoms with Crippen LogP contribution in [-0.4, -0.2) is 29.9 Å². The van der Waals surface area contributed by atoms with E-state index in [9.17, 15) is 4.79 Å². The van der Waals surface area contributed by atoms with Crippen LogP contribution in [0.1, 0.15) is 46.0 Å². The maximum atomic E-state index is 12.0. The fraction of sp³-hybridized carbons (Fsp3) is 0.923. The molecule has 0 aromatic heterocycles. The Hall–Kier alpha value is -0.570. The second kappa shape index (κ2) is 4.36. The molecular formula is C13H24N2O. The van der Waals surface area contributed by atoms with Crippen molar-refractivity contribution in [3.05, 3.63) is 0 Å². The highest BCUT2D eigenvalue weighted by atomic mass is 16.2. The van der Waals surface area contributed by atoms with E-state index in [4.69, 9.17) is 5.73 Å². The molecule has 92 valence electrons. The van der Waals surface area contributed by atoms with Gasteiger partial charge in [-0.05, 0) is 30.6 Å².